The summed E-state index contributed by atoms with van der Waals surface area (Å²) in [7, 11) is 0. The molecule has 0 bridgehead atoms. The van der Waals surface area contributed by atoms with E-state index >= 15 is 0 Å². The van der Waals surface area contributed by atoms with Gasteiger partial charge in [0.25, 0.3) is 0 Å². The molecule has 1 rings (SSSR count). The normalized spacial score (nSPS) is 16.4. The van der Waals surface area contributed by atoms with Gasteiger partial charge in [0, 0.05) is 12.7 Å². The first-order chi connectivity index (χ1) is 6.74. The molecule has 0 aromatic rings. The van der Waals surface area contributed by atoms with E-state index in [2.05, 4.69) is 6.58 Å². The summed E-state index contributed by atoms with van der Waals surface area (Å²) in [6.45, 7) is 5.28. The molecule has 0 aliphatic heterocycles. The lowest BCUT2D eigenvalue weighted by atomic mass is 9.98. The van der Waals surface area contributed by atoms with Crippen LogP contribution < -0.4 is 0 Å². The molecule has 1 fully saturated rings. The Labute approximate surface area is 85.8 Å². The van der Waals surface area contributed by atoms with Gasteiger partial charge in [-0.05, 0) is 32.6 Å². The summed E-state index contributed by atoms with van der Waals surface area (Å²) in [6, 6.07) is 0. The maximum Gasteiger partial charge on any atom is 0.330 e. The zero-order chi connectivity index (χ0) is 10.8. The van der Waals surface area contributed by atoms with Gasteiger partial charge in [0.05, 0.1) is 0 Å². The van der Waals surface area contributed by atoms with Gasteiger partial charge in [-0.25, -0.2) is 4.79 Å². The summed E-state index contributed by atoms with van der Waals surface area (Å²) in [5, 5.41) is 7.57. The van der Waals surface area contributed by atoms with Crippen LogP contribution >= 0.6 is 0 Å². The van der Waals surface area contributed by atoms with Crippen molar-refractivity contribution in [1.82, 2.24) is 0 Å². The molecule has 0 aromatic heterocycles. The minimum atomic E-state index is -0.281. The maximum atomic E-state index is 10.7. The predicted octanol–water partition coefficient (Wildman–Crippen LogP) is 2.05. The van der Waals surface area contributed by atoms with Crippen molar-refractivity contribution in [3.05, 3.63) is 12.7 Å². The second kappa shape index (κ2) is 8.75. The largest absolute Gasteiger partial charge is 0.459 e. The van der Waals surface area contributed by atoms with Crippen molar-refractivity contribution < 1.29 is 14.6 Å². The number of hydrogen-bond donors (Lipinski definition) is 1. The van der Waals surface area contributed by atoms with Crippen LogP contribution in [-0.2, 0) is 9.53 Å². The zero-order valence-electron chi connectivity index (χ0n) is 8.87. The van der Waals surface area contributed by atoms with E-state index in [0.717, 1.165) is 12.8 Å². The van der Waals surface area contributed by atoms with Crippen molar-refractivity contribution in [3.63, 3.8) is 0 Å². The molecule has 0 saturated heterocycles. The molecule has 0 aromatic carbocycles. The number of hydrogen-bond acceptors (Lipinski definition) is 3. The molecule has 0 radical (unpaired) electrons. The van der Waals surface area contributed by atoms with Crippen LogP contribution in [-0.4, -0.2) is 23.8 Å². The molecule has 0 unspecified atom stereocenters. The molecule has 0 amide bonds. The molecule has 0 spiro atoms. The zero-order valence-corrected chi connectivity index (χ0v) is 8.87. The van der Waals surface area contributed by atoms with Gasteiger partial charge in [-0.3, -0.25) is 0 Å². The first-order valence-electron chi connectivity index (χ1n) is 5.18. The van der Waals surface area contributed by atoms with Crippen LogP contribution in [0.4, 0.5) is 0 Å². The van der Waals surface area contributed by atoms with Crippen LogP contribution in [0.1, 0.15) is 39.0 Å². The van der Waals surface area contributed by atoms with Crippen molar-refractivity contribution in [2.24, 2.45) is 0 Å². The van der Waals surface area contributed by atoms with Crippen LogP contribution in [0.15, 0.2) is 12.7 Å². The quantitative estimate of drug-likeness (QED) is 0.548. The van der Waals surface area contributed by atoms with E-state index in [9.17, 15) is 4.79 Å². The lowest BCUT2D eigenvalue weighted by molar-refractivity contribution is -0.144. The predicted molar refractivity (Wildman–Crippen MR) is 55.9 cm³/mol. The van der Waals surface area contributed by atoms with Crippen LogP contribution in [0, 0.1) is 0 Å². The average Bonchev–Trinajstić information content (AvgIpc) is 2.20. The maximum absolute atomic E-state index is 10.7. The van der Waals surface area contributed by atoms with Crippen LogP contribution in [0.5, 0.6) is 0 Å². The molecule has 0 heterocycles. The first kappa shape index (κ1) is 13.2. The molecule has 0 atom stereocenters. The van der Waals surface area contributed by atoms with Gasteiger partial charge in [-0.1, -0.05) is 13.0 Å². The average molecular weight is 200 g/mol. The van der Waals surface area contributed by atoms with Gasteiger partial charge in [-0.15, -0.1) is 0 Å². The highest BCUT2D eigenvalue weighted by Gasteiger charge is 2.15. The molecule has 1 N–H and O–H groups in total. The number of ether oxygens (including phenoxy) is 1. The summed E-state index contributed by atoms with van der Waals surface area (Å²) in [6.07, 6.45) is 7.11. The van der Waals surface area contributed by atoms with Gasteiger partial charge in [0.2, 0.25) is 0 Å². The fourth-order valence-corrected chi connectivity index (χ4v) is 1.40. The summed E-state index contributed by atoms with van der Waals surface area (Å²) in [4.78, 5) is 10.7. The highest BCUT2D eigenvalue weighted by molar-refractivity contribution is 5.81. The first-order valence-corrected chi connectivity index (χ1v) is 5.18. The number of esters is 1. The monoisotopic (exact) mass is 200 g/mol. The van der Waals surface area contributed by atoms with Crippen molar-refractivity contribution in [2.45, 2.75) is 45.1 Å². The lowest BCUT2D eigenvalue weighted by Crippen LogP contribution is -2.19. The fourth-order valence-electron chi connectivity index (χ4n) is 1.40. The third-order valence-corrected chi connectivity index (χ3v) is 2.00. The Hall–Kier alpha value is -0.830. The Morgan fingerprint density at radius 1 is 1.50 bits per heavy atom. The van der Waals surface area contributed by atoms with Crippen LogP contribution in [0.25, 0.3) is 0 Å². The Morgan fingerprint density at radius 2 is 2.00 bits per heavy atom. The number of aliphatic hydroxyl groups excluding tert-OH is 1. The molecule has 82 valence electrons. The van der Waals surface area contributed by atoms with E-state index in [1.807, 2.05) is 0 Å². The number of rotatable bonds is 2. The van der Waals surface area contributed by atoms with Gasteiger partial charge in [0.15, 0.2) is 0 Å². The van der Waals surface area contributed by atoms with E-state index in [1.165, 1.54) is 25.3 Å². The molecule has 1 aliphatic carbocycles. The van der Waals surface area contributed by atoms with Gasteiger partial charge >= 0.3 is 5.97 Å². The van der Waals surface area contributed by atoms with Crippen molar-refractivity contribution in [2.75, 3.05) is 6.61 Å². The highest BCUT2D eigenvalue weighted by Crippen LogP contribution is 2.20. The Bertz CT molecular complexity index is 160. The van der Waals surface area contributed by atoms with Gasteiger partial charge in [0.1, 0.15) is 6.10 Å². The van der Waals surface area contributed by atoms with Gasteiger partial charge in [-0.2, -0.15) is 0 Å². The summed E-state index contributed by atoms with van der Waals surface area (Å²) >= 11 is 0. The summed E-state index contributed by atoms with van der Waals surface area (Å²) < 4.78 is 5.08. The Kier molecular flexibility index (Phi) is 8.24. The van der Waals surface area contributed by atoms with Crippen LogP contribution in [0.2, 0.25) is 0 Å². The minimum absolute atomic E-state index is 0.161. The van der Waals surface area contributed by atoms with E-state index < -0.39 is 0 Å². The minimum Gasteiger partial charge on any atom is -0.459 e. The van der Waals surface area contributed by atoms with E-state index in [1.54, 1.807) is 6.92 Å². The number of carbonyl (C=O) groups is 1. The number of aliphatic hydroxyl groups is 1. The molecular formula is C11H20O3. The van der Waals surface area contributed by atoms with Crippen LogP contribution in [0.3, 0.4) is 0 Å². The molecule has 3 nitrogen and oxygen atoms in total. The Morgan fingerprint density at radius 3 is 2.43 bits per heavy atom. The van der Waals surface area contributed by atoms with Crippen molar-refractivity contribution in [1.29, 1.82) is 0 Å². The second-order valence-electron chi connectivity index (χ2n) is 3.22. The smallest absolute Gasteiger partial charge is 0.330 e. The fraction of sp³-hybridized carbons (Fsp3) is 0.727. The molecule has 14 heavy (non-hydrogen) atoms. The molecule has 3 heteroatoms. The number of carbonyl (C=O) groups excluding carboxylic acids is 1. The van der Waals surface area contributed by atoms with Crippen molar-refractivity contribution >= 4 is 5.97 Å². The topological polar surface area (TPSA) is 46.5 Å². The molecular weight excluding hydrogens is 180 g/mol. The van der Waals surface area contributed by atoms with Gasteiger partial charge < -0.3 is 9.84 Å². The van der Waals surface area contributed by atoms with E-state index in [-0.39, 0.29) is 18.7 Å². The van der Waals surface area contributed by atoms with E-state index in [4.69, 9.17) is 9.84 Å². The third kappa shape index (κ3) is 6.66. The molecule has 1 aliphatic rings. The SMILES string of the molecule is C=CC(=O)OC1CCCCC1.CCO. The standard InChI is InChI=1S/C9H14O2.C2H6O/c1-2-9(10)11-8-6-4-3-5-7-8;1-2-3/h2,8H,1,3-7H2;3H,2H2,1H3. The highest BCUT2D eigenvalue weighted by atomic mass is 16.5. The lowest BCUT2D eigenvalue weighted by Gasteiger charge is -2.20. The third-order valence-electron chi connectivity index (χ3n) is 2.00. The molecule has 1 saturated carbocycles. The van der Waals surface area contributed by atoms with E-state index in [0.29, 0.717) is 0 Å². The second-order valence-corrected chi connectivity index (χ2v) is 3.22. The van der Waals surface area contributed by atoms with Crippen molar-refractivity contribution in [3.8, 4) is 0 Å². The Balaban J connectivity index is 0.000000500. The summed E-state index contributed by atoms with van der Waals surface area (Å²) in [5.41, 5.74) is 0. The summed E-state index contributed by atoms with van der Waals surface area (Å²) in [5.74, 6) is -0.281.